The Morgan fingerprint density at radius 3 is 2.15 bits per heavy atom. The lowest BCUT2D eigenvalue weighted by Crippen LogP contribution is -2.12. The van der Waals surface area contributed by atoms with E-state index in [1.165, 1.54) is 0 Å². The molecular formula is C21H27NO4. The number of anilines is 1. The van der Waals surface area contributed by atoms with Crippen LogP contribution < -0.4 is 14.8 Å². The van der Waals surface area contributed by atoms with E-state index in [-0.39, 0.29) is 5.91 Å². The van der Waals surface area contributed by atoms with Crippen LogP contribution >= 0.6 is 0 Å². The molecule has 0 spiro atoms. The third-order valence-corrected chi connectivity index (χ3v) is 3.51. The van der Waals surface area contributed by atoms with Crippen LogP contribution in [-0.2, 0) is 4.74 Å². The lowest BCUT2D eigenvalue weighted by atomic mass is 10.2. The number of hydrogen-bond acceptors (Lipinski definition) is 4. The third-order valence-electron chi connectivity index (χ3n) is 3.51. The standard InChI is InChI=1S/C21H27NO4/c1-4-24-13-14-25-19-9-5-17(6-10-19)21(23)22-18-7-11-20(12-8-18)26-15-16(2)3/h5-12,16H,4,13-15H2,1-3H3,(H,22,23). The first-order valence-corrected chi connectivity index (χ1v) is 8.93. The smallest absolute Gasteiger partial charge is 0.255 e. The minimum absolute atomic E-state index is 0.165. The van der Waals surface area contributed by atoms with Gasteiger partial charge in [-0.2, -0.15) is 0 Å². The molecule has 140 valence electrons. The summed E-state index contributed by atoms with van der Waals surface area (Å²) in [5, 5.41) is 2.87. The Balaban J connectivity index is 1.85. The molecule has 0 heterocycles. The average Bonchev–Trinajstić information content (AvgIpc) is 2.65. The molecule has 0 aliphatic rings. The molecule has 0 fully saturated rings. The van der Waals surface area contributed by atoms with Crippen LogP contribution in [0, 0.1) is 5.92 Å². The van der Waals surface area contributed by atoms with Crippen molar-refractivity contribution in [2.75, 3.05) is 31.7 Å². The molecule has 2 aromatic rings. The van der Waals surface area contributed by atoms with Crippen molar-refractivity contribution in [1.29, 1.82) is 0 Å². The van der Waals surface area contributed by atoms with Gasteiger partial charge in [-0.3, -0.25) is 4.79 Å². The predicted molar refractivity (Wildman–Crippen MR) is 103 cm³/mol. The van der Waals surface area contributed by atoms with E-state index >= 15 is 0 Å². The van der Waals surface area contributed by atoms with Gasteiger partial charge in [0, 0.05) is 17.9 Å². The first-order chi connectivity index (χ1) is 12.6. The summed E-state index contributed by atoms with van der Waals surface area (Å²) in [5.74, 6) is 1.82. The Morgan fingerprint density at radius 1 is 0.923 bits per heavy atom. The van der Waals surface area contributed by atoms with Crippen molar-refractivity contribution in [3.8, 4) is 11.5 Å². The summed E-state index contributed by atoms with van der Waals surface area (Å²) in [4.78, 5) is 12.3. The summed E-state index contributed by atoms with van der Waals surface area (Å²) in [6.07, 6.45) is 0. The van der Waals surface area contributed by atoms with Crippen LogP contribution in [0.2, 0.25) is 0 Å². The number of benzene rings is 2. The van der Waals surface area contributed by atoms with Crippen LogP contribution in [0.25, 0.3) is 0 Å². The van der Waals surface area contributed by atoms with Crippen LogP contribution in [-0.4, -0.2) is 32.3 Å². The van der Waals surface area contributed by atoms with Crippen molar-refractivity contribution < 1.29 is 19.0 Å². The van der Waals surface area contributed by atoms with Gasteiger partial charge in [-0.25, -0.2) is 0 Å². The Hall–Kier alpha value is -2.53. The van der Waals surface area contributed by atoms with E-state index in [0.717, 1.165) is 11.4 Å². The molecule has 5 nitrogen and oxygen atoms in total. The molecule has 0 radical (unpaired) electrons. The van der Waals surface area contributed by atoms with Gasteiger partial charge in [-0.1, -0.05) is 13.8 Å². The number of carbonyl (C=O) groups is 1. The summed E-state index contributed by atoms with van der Waals surface area (Å²) in [6, 6.07) is 14.4. The molecule has 0 saturated heterocycles. The Kier molecular flexibility index (Phi) is 7.96. The molecule has 2 aromatic carbocycles. The Labute approximate surface area is 155 Å². The van der Waals surface area contributed by atoms with Crippen LogP contribution in [0.4, 0.5) is 5.69 Å². The largest absolute Gasteiger partial charge is 0.493 e. The fourth-order valence-corrected chi connectivity index (χ4v) is 2.17. The normalized spacial score (nSPS) is 10.6. The molecule has 0 atom stereocenters. The number of hydrogen-bond donors (Lipinski definition) is 1. The van der Waals surface area contributed by atoms with E-state index in [9.17, 15) is 4.79 Å². The Bertz CT molecular complexity index is 665. The summed E-state index contributed by atoms with van der Waals surface area (Å²) < 4.78 is 16.4. The van der Waals surface area contributed by atoms with Gasteiger partial charge in [-0.15, -0.1) is 0 Å². The molecule has 26 heavy (non-hydrogen) atoms. The van der Waals surface area contributed by atoms with Gasteiger partial charge in [0.05, 0.1) is 13.2 Å². The second-order valence-electron chi connectivity index (χ2n) is 6.25. The molecule has 5 heteroatoms. The number of carbonyl (C=O) groups excluding carboxylic acids is 1. The van der Waals surface area contributed by atoms with Gasteiger partial charge in [0.15, 0.2) is 0 Å². The molecule has 1 amide bonds. The minimum atomic E-state index is -0.165. The van der Waals surface area contributed by atoms with Crippen LogP contribution in [0.1, 0.15) is 31.1 Å². The highest BCUT2D eigenvalue weighted by atomic mass is 16.5. The van der Waals surface area contributed by atoms with E-state index in [1.54, 1.807) is 24.3 Å². The maximum absolute atomic E-state index is 12.3. The van der Waals surface area contributed by atoms with E-state index in [2.05, 4.69) is 19.2 Å². The molecule has 0 saturated carbocycles. The zero-order chi connectivity index (χ0) is 18.8. The molecule has 0 aliphatic carbocycles. The van der Waals surface area contributed by atoms with Crippen LogP contribution in [0.5, 0.6) is 11.5 Å². The minimum Gasteiger partial charge on any atom is -0.493 e. The maximum Gasteiger partial charge on any atom is 0.255 e. The molecule has 0 aliphatic heterocycles. The predicted octanol–water partition coefficient (Wildman–Crippen LogP) is 4.39. The van der Waals surface area contributed by atoms with Crippen molar-refractivity contribution in [2.45, 2.75) is 20.8 Å². The quantitative estimate of drug-likeness (QED) is 0.641. The SMILES string of the molecule is CCOCCOc1ccc(C(=O)Nc2ccc(OCC(C)C)cc2)cc1. The van der Waals surface area contributed by atoms with Crippen molar-refractivity contribution in [1.82, 2.24) is 0 Å². The highest BCUT2D eigenvalue weighted by molar-refractivity contribution is 6.04. The van der Waals surface area contributed by atoms with Gasteiger partial charge in [0.25, 0.3) is 5.91 Å². The summed E-state index contributed by atoms with van der Waals surface area (Å²) in [5.41, 5.74) is 1.30. The van der Waals surface area contributed by atoms with Gasteiger partial charge < -0.3 is 19.5 Å². The second kappa shape index (κ2) is 10.5. The fourth-order valence-electron chi connectivity index (χ4n) is 2.17. The van der Waals surface area contributed by atoms with Crippen molar-refractivity contribution in [2.24, 2.45) is 5.92 Å². The lowest BCUT2D eigenvalue weighted by Gasteiger charge is -2.10. The third kappa shape index (κ3) is 6.76. The van der Waals surface area contributed by atoms with E-state index < -0.39 is 0 Å². The summed E-state index contributed by atoms with van der Waals surface area (Å²) in [7, 11) is 0. The zero-order valence-electron chi connectivity index (χ0n) is 15.7. The summed E-state index contributed by atoms with van der Waals surface area (Å²) >= 11 is 0. The number of nitrogens with one attached hydrogen (secondary N) is 1. The Morgan fingerprint density at radius 2 is 1.54 bits per heavy atom. The molecular weight excluding hydrogens is 330 g/mol. The van der Waals surface area contributed by atoms with Gasteiger partial charge in [0.2, 0.25) is 0 Å². The van der Waals surface area contributed by atoms with Crippen LogP contribution in [0.3, 0.4) is 0 Å². The highest BCUT2D eigenvalue weighted by Crippen LogP contribution is 2.18. The van der Waals surface area contributed by atoms with Crippen molar-refractivity contribution >= 4 is 11.6 Å². The molecule has 1 N–H and O–H groups in total. The molecule has 0 unspecified atom stereocenters. The van der Waals surface area contributed by atoms with Gasteiger partial charge >= 0.3 is 0 Å². The number of ether oxygens (including phenoxy) is 3. The molecule has 0 bridgehead atoms. The van der Waals surface area contributed by atoms with E-state index in [0.29, 0.717) is 43.7 Å². The maximum atomic E-state index is 12.3. The molecule has 2 rings (SSSR count). The summed E-state index contributed by atoms with van der Waals surface area (Å²) in [6.45, 7) is 8.53. The first kappa shape index (κ1) is 19.8. The lowest BCUT2D eigenvalue weighted by molar-refractivity contribution is 0.102. The van der Waals surface area contributed by atoms with E-state index in [1.807, 2.05) is 31.2 Å². The van der Waals surface area contributed by atoms with Gasteiger partial charge in [-0.05, 0) is 61.4 Å². The van der Waals surface area contributed by atoms with Crippen LogP contribution in [0.15, 0.2) is 48.5 Å². The van der Waals surface area contributed by atoms with Crippen molar-refractivity contribution in [3.63, 3.8) is 0 Å². The number of rotatable bonds is 10. The number of amides is 1. The fraction of sp³-hybridized carbons (Fsp3) is 0.381. The molecule has 0 aromatic heterocycles. The van der Waals surface area contributed by atoms with Gasteiger partial charge in [0.1, 0.15) is 18.1 Å². The average molecular weight is 357 g/mol. The monoisotopic (exact) mass is 357 g/mol. The van der Waals surface area contributed by atoms with E-state index in [4.69, 9.17) is 14.2 Å². The zero-order valence-corrected chi connectivity index (χ0v) is 15.7. The highest BCUT2D eigenvalue weighted by Gasteiger charge is 2.07. The van der Waals surface area contributed by atoms with Crippen molar-refractivity contribution in [3.05, 3.63) is 54.1 Å². The first-order valence-electron chi connectivity index (χ1n) is 8.93. The second-order valence-corrected chi connectivity index (χ2v) is 6.25. The topological polar surface area (TPSA) is 56.8 Å².